The molecule has 118 valence electrons. The molecule has 1 aliphatic rings. The molecule has 0 radical (unpaired) electrons. The van der Waals surface area contributed by atoms with Crippen LogP contribution in [0.2, 0.25) is 0 Å². The Morgan fingerprint density at radius 3 is 2.39 bits per heavy atom. The van der Waals surface area contributed by atoms with Gasteiger partial charge < -0.3 is 0 Å². The highest BCUT2D eigenvalue weighted by Gasteiger charge is 2.34. The lowest BCUT2D eigenvalue weighted by molar-refractivity contribution is -0.118. The summed E-state index contributed by atoms with van der Waals surface area (Å²) in [4.78, 5) is 17.1. The van der Waals surface area contributed by atoms with Gasteiger partial charge in [-0.05, 0) is 11.6 Å². The van der Waals surface area contributed by atoms with E-state index in [0.29, 0.717) is 17.7 Å². The quantitative estimate of drug-likeness (QED) is 0.866. The second-order valence-corrected chi connectivity index (χ2v) is 7.24. The van der Waals surface area contributed by atoms with Crippen molar-refractivity contribution in [2.75, 3.05) is 10.6 Å². The topological polar surface area (TPSA) is 66.8 Å². The van der Waals surface area contributed by atoms with Gasteiger partial charge in [0, 0.05) is 18.2 Å². The maximum absolute atomic E-state index is 12.8. The summed E-state index contributed by atoms with van der Waals surface area (Å²) in [7, 11) is -3.73. The van der Waals surface area contributed by atoms with Crippen LogP contribution in [0.15, 0.2) is 59.6 Å². The van der Waals surface area contributed by atoms with E-state index in [9.17, 15) is 13.2 Å². The van der Waals surface area contributed by atoms with Gasteiger partial charge in [-0.15, -0.1) is 0 Å². The van der Waals surface area contributed by atoms with E-state index in [1.165, 1.54) is 0 Å². The minimum absolute atomic E-state index is 0.347. The number of fused-ring (bicyclic) bond motifs is 1. The second-order valence-electron chi connectivity index (χ2n) is 5.41. The standard InChI is InChI=1S/C17H16N2O3S/c1-23(21,22)19-16-10-6-5-9-14(16)12-18-15(17(19)20)11-13-7-3-2-4-8-13/h2-10,12,15H,11H2,1H3. The van der Waals surface area contributed by atoms with Crippen molar-refractivity contribution in [2.45, 2.75) is 12.5 Å². The zero-order valence-corrected chi connectivity index (χ0v) is 13.4. The second kappa shape index (κ2) is 5.96. The van der Waals surface area contributed by atoms with Crippen LogP contribution in [-0.2, 0) is 21.2 Å². The zero-order chi connectivity index (χ0) is 16.4. The van der Waals surface area contributed by atoms with Gasteiger partial charge in [0.05, 0.1) is 11.9 Å². The third-order valence-corrected chi connectivity index (χ3v) is 4.68. The largest absolute Gasteiger partial charge is 0.279 e. The molecule has 0 bridgehead atoms. The molecule has 1 unspecified atom stereocenters. The van der Waals surface area contributed by atoms with E-state index in [4.69, 9.17) is 0 Å². The molecule has 0 aliphatic carbocycles. The van der Waals surface area contributed by atoms with Crippen LogP contribution in [0.1, 0.15) is 11.1 Å². The Kier molecular flexibility index (Phi) is 4.00. The fourth-order valence-corrected chi connectivity index (χ4v) is 3.56. The first-order valence-electron chi connectivity index (χ1n) is 7.17. The monoisotopic (exact) mass is 328 g/mol. The third-order valence-electron chi connectivity index (χ3n) is 3.64. The number of rotatable bonds is 3. The third kappa shape index (κ3) is 3.17. The first-order valence-corrected chi connectivity index (χ1v) is 9.02. The molecule has 0 saturated heterocycles. The molecule has 2 aromatic carbocycles. The Hall–Kier alpha value is -2.47. The minimum Gasteiger partial charge on any atom is -0.279 e. The number of nitrogens with zero attached hydrogens (tertiary/aromatic N) is 2. The van der Waals surface area contributed by atoms with Gasteiger partial charge in [0.2, 0.25) is 10.0 Å². The lowest BCUT2D eigenvalue weighted by Gasteiger charge is -2.22. The van der Waals surface area contributed by atoms with Crippen molar-refractivity contribution < 1.29 is 13.2 Å². The van der Waals surface area contributed by atoms with Crippen LogP contribution < -0.4 is 4.31 Å². The fraction of sp³-hybridized carbons (Fsp3) is 0.176. The van der Waals surface area contributed by atoms with Gasteiger partial charge in [-0.25, -0.2) is 12.7 Å². The van der Waals surface area contributed by atoms with Crippen molar-refractivity contribution in [1.82, 2.24) is 0 Å². The van der Waals surface area contributed by atoms with Gasteiger partial charge in [-0.1, -0.05) is 48.5 Å². The summed E-state index contributed by atoms with van der Waals surface area (Å²) in [5.74, 6) is -0.530. The number of para-hydroxylation sites is 1. The summed E-state index contributed by atoms with van der Waals surface area (Å²) in [6.45, 7) is 0. The van der Waals surface area contributed by atoms with E-state index >= 15 is 0 Å². The van der Waals surface area contributed by atoms with Crippen molar-refractivity contribution in [3.8, 4) is 0 Å². The van der Waals surface area contributed by atoms with Gasteiger partial charge in [-0.3, -0.25) is 9.79 Å². The summed E-state index contributed by atoms with van der Waals surface area (Å²) in [6.07, 6.45) is 2.97. The van der Waals surface area contributed by atoms with E-state index in [0.717, 1.165) is 16.1 Å². The molecule has 2 aromatic rings. The first kappa shape index (κ1) is 15.4. The van der Waals surface area contributed by atoms with E-state index < -0.39 is 22.0 Å². The summed E-state index contributed by atoms with van der Waals surface area (Å²) in [5.41, 5.74) is 1.89. The number of aliphatic imine (C=N–C) groups is 1. The molecule has 1 heterocycles. The van der Waals surface area contributed by atoms with Gasteiger partial charge in [0.1, 0.15) is 6.04 Å². The maximum Gasteiger partial charge on any atom is 0.265 e. The molecule has 1 atom stereocenters. The molecule has 0 saturated carbocycles. The Labute approximate surface area is 135 Å². The highest BCUT2D eigenvalue weighted by atomic mass is 32.2. The highest BCUT2D eigenvalue weighted by molar-refractivity contribution is 7.92. The van der Waals surface area contributed by atoms with E-state index in [2.05, 4.69) is 4.99 Å². The Bertz CT molecular complexity index is 860. The predicted octanol–water partition coefficient (Wildman–Crippen LogP) is 2.02. The summed E-state index contributed by atoms with van der Waals surface area (Å²) in [6, 6.07) is 15.5. The molecule has 0 aromatic heterocycles. The number of benzene rings is 2. The number of sulfonamides is 1. The molecule has 3 rings (SSSR count). The SMILES string of the molecule is CS(=O)(=O)N1C(=O)C(Cc2ccccc2)N=Cc2ccccc21. The maximum atomic E-state index is 12.8. The van der Waals surface area contributed by atoms with Crippen molar-refractivity contribution in [3.63, 3.8) is 0 Å². The molecular weight excluding hydrogens is 312 g/mol. The fourth-order valence-electron chi connectivity index (χ4n) is 2.59. The Morgan fingerprint density at radius 1 is 1.04 bits per heavy atom. The molecule has 5 nitrogen and oxygen atoms in total. The lowest BCUT2D eigenvalue weighted by atomic mass is 10.1. The summed E-state index contributed by atoms with van der Waals surface area (Å²) in [5, 5.41) is 0. The van der Waals surface area contributed by atoms with E-state index in [-0.39, 0.29) is 0 Å². The highest BCUT2D eigenvalue weighted by Crippen LogP contribution is 2.26. The zero-order valence-electron chi connectivity index (χ0n) is 12.6. The molecule has 0 N–H and O–H groups in total. The average molecular weight is 328 g/mol. The van der Waals surface area contributed by atoms with Crippen molar-refractivity contribution in [2.24, 2.45) is 4.99 Å². The lowest BCUT2D eigenvalue weighted by Crippen LogP contribution is -2.42. The van der Waals surface area contributed by atoms with Crippen LogP contribution in [0.5, 0.6) is 0 Å². The molecule has 1 amide bonds. The Morgan fingerprint density at radius 2 is 1.70 bits per heavy atom. The van der Waals surface area contributed by atoms with Crippen LogP contribution in [-0.4, -0.2) is 32.8 Å². The molecule has 0 fully saturated rings. The van der Waals surface area contributed by atoms with Crippen LogP contribution in [0.25, 0.3) is 0 Å². The van der Waals surface area contributed by atoms with Gasteiger partial charge in [0.15, 0.2) is 0 Å². The van der Waals surface area contributed by atoms with Crippen LogP contribution in [0.3, 0.4) is 0 Å². The van der Waals surface area contributed by atoms with E-state index in [1.807, 2.05) is 30.3 Å². The number of hydrogen-bond donors (Lipinski definition) is 0. The molecule has 23 heavy (non-hydrogen) atoms. The predicted molar refractivity (Wildman–Crippen MR) is 90.3 cm³/mol. The van der Waals surface area contributed by atoms with Crippen LogP contribution in [0, 0.1) is 0 Å². The minimum atomic E-state index is -3.73. The average Bonchev–Trinajstić information content (AvgIpc) is 2.65. The summed E-state index contributed by atoms with van der Waals surface area (Å²) < 4.78 is 25.2. The Balaban J connectivity index is 2.04. The molecular formula is C17H16N2O3S. The van der Waals surface area contributed by atoms with Crippen molar-refractivity contribution >= 4 is 27.8 Å². The number of anilines is 1. The molecule has 1 aliphatic heterocycles. The van der Waals surface area contributed by atoms with Crippen molar-refractivity contribution in [1.29, 1.82) is 0 Å². The first-order chi connectivity index (χ1) is 11.0. The smallest absolute Gasteiger partial charge is 0.265 e. The number of carbonyl (C=O) groups excluding carboxylic acids is 1. The van der Waals surface area contributed by atoms with Crippen LogP contribution >= 0.6 is 0 Å². The molecule has 0 spiro atoms. The summed E-state index contributed by atoms with van der Waals surface area (Å²) >= 11 is 0. The number of hydrogen-bond acceptors (Lipinski definition) is 4. The molecule has 6 heteroatoms. The number of carbonyl (C=O) groups is 1. The van der Waals surface area contributed by atoms with E-state index in [1.54, 1.807) is 30.5 Å². The van der Waals surface area contributed by atoms with Crippen molar-refractivity contribution in [3.05, 3.63) is 65.7 Å². The van der Waals surface area contributed by atoms with Crippen LogP contribution in [0.4, 0.5) is 5.69 Å². The van der Waals surface area contributed by atoms with Gasteiger partial charge in [0.25, 0.3) is 5.91 Å². The number of amides is 1. The number of benzodiazepines with no additional fused rings is 1. The normalized spacial score (nSPS) is 17.7. The van der Waals surface area contributed by atoms with Gasteiger partial charge >= 0.3 is 0 Å². The van der Waals surface area contributed by atoms with Gasteiger partial charge in [-0.2, -0.15) is 0 Å².